The minimum absolute atomic E-state index is 0.137. The molecule has 0 aliphatic carbocycles. The fourth-order valence-corrected chi connectivity index (χ4v) is 4.33. The number of benzene rings is 3. The number of aromatic nitrogens is 1. The molecule has 2 N–H and O–H groups in total. The highest BCUT2D eigenvalue weighted by Gasteiger charge is 2.16. The Morgan fingerprint density at radius 1 is 1.03 bits per heavy atom. The third-order valence-electron chi connectivity index (χ3n) is 5.90. The first-order valence-electron chi connectivity index (χ1n) is 11.5. The van der Waals surface area contributed by atoms with E-state index in [1.807, 2.05) is 59.2 Å². The average Bonchev–Trinajstić information content (AvgIpc) is 3.18. The Hall–Kier alpha value is -3.32. The van der Waals surface area contributed by atoms with Crippen LogP contribution in [0, 0.1) is 0 Å². The Kier molecular flexibility index (Phi) is 8.08. The summed E-state index contributed by atoms with van der Waals surface area (Å²) in [5.74, 6) is 0.434. The monoisotopic (exact) mass is 492 g/mol. The van der Waals surface area contributed by atoms with Crippen LogP contribution in [0.3, 0.4) is 0 Å². The highest BCUT2D eigenvalue weighted by molar-refractivity contribution is 6.30. The number of fused-ring (bicyclic) bond motifs is 1. The molecule has 0 unspecified atom stereocenters. The van der Waals surface area contributed by atoms with Gasteiger partial charge in [-0.3, -0.25) is 0 Å². The summed E-state index contributed by atoms with van der Waals surface area (Å²) in [5, 5.41) is 15.5. The number of hydrogen-bond acceptors (Lipinski definition) is 5. The van der Waals surface area contributed by atoms with Crippen molar-refractivity contribution < 1.29 is 19.4 Å². The Morgan fingerprint density at radius 2 is 1.83 bits per heavy atom. The van der Waals surface area contributed by atoms with Crippen LogP contribution in [0.4, 0.5) is 4.79 Å². The molecule has 1 heterocycles. The normalized spacial score (nSPS) is 12.9. The first kappa shape index (κ1) is 24.8. The molecule has 0 amide bonds. The summed E-state index contributed by atoms with van der Waals surface area (Å²) in [7, 11) is 1.29. The van der Waals surface area contributed by atoms with Gasteiger partial charge in [0.2, 0.25) is 5.88 Å². The second-order valence-corrected chi connectivity index (χ2v) is 9.02. The average molecular weight is 493 g/mol. The molecule has 0 aliphatic heterocycles. The molecule has 2 atom stereocenters. The van der Waals surface area contributed by atoms with Crippen LogP contribution in [0.25, 0.3) is 10.9 Å². The van der Waals surface area contributed by atoms with Crippen molar-refractivity contribution in [2.24, 2.45) is 0 Å². The van der Waals surface area contributed by atoms with E-state index in [1.54, 1.807) is 12.1 Å². The molecule has 4 aromatic rings. The predicted octanol–water partition coefficient (Wildman–Crippen LogP) is 5.74. The van der Waals surface area contributed by atoms with Crippen molar-refractivity contribution in [3.05, 3.63) is 101 Å². The molecule has 0 fully saturated rings. The quantitative estimate of drug-likeness (QED) is 0.291. The molecule has 0 aliphatic rings. The molecule has 35 heavy (non-hydrogen) atoms. The predicted molar refractivity (Wildman–Crippen MR) is 138 cm³/mol. The number of hydrogen-bond donors (Lipinski definition) is 2. The van der Waals surface area contributed by atoms with E-state index in [2.05, 4.69) is 24.4 Å². The van der Waals surface area contributed by atoms with Gasteiger partial charge in [0.05, 0.1) is 25.3 Å². The summed E-state index contributed by atoms with van der Waals surface area (Å²) in [4.78, 5) is 11.8. The van der Waals surface area contributed by atoms with Crippen LogP contribution >= 0.6 is 11.6 Å². The molecule has 7 heteroatoms. The first-order valence-corrected chi connectivity index (χ1v) is 11.9. The molecule has 6 nitrogen and oxygen atoms in total. The van der Waals surface area contributed by atoms with E-state index < -0.39 is 12.3 Å². The Morgan fingerprint density at radius 3 is 2.57 bits per heavy atom. The van der Waals surface area contributed by atoms with Crippen molar-refractivity contribution in [3.8, 4) is 5.88 Å². The molecule has 3 aromatic carbocycles. The van der Waals surface area contributed by atoms with Gasteiger partial charge in [-0.2, -0.15) is 0 Å². The maximum absolute atomic E-state index is 11.8. The van der Waals surface area contributed by atoms with Gasteiger partial charge in [0.1, 0.15) is 0 Å². The second kappa shape index (κ2) is 11.4. The molecule has 0 saturated heterocycles. The van der Waals surface area contributed by atoms with Crippen LogP contribution in [0.15, 0.2) is 78.9 Å². The van der Waals surface area contributed by atoms with Crippen molar-refractivity contribution in [1.29, 1.82) is 0 Å². The van der Waals surface area contributed by atoms with Gasteiger partial charge >= 0.3 is 6.16 Å². The zero-order valence-corrected chi connectivity index (χ0v) is 20.5. The molecule has 182 valence electrons. The SMILES string of the molecule is COC(=O)Oc1cc2cc(C[C@@H](C)NC[C@H](O)c3cccc(Cl)c3)ccc2n1Cc1ccccc1. The highest BCUT2D eigenvalue weighted by atomic mass is 35.5. The zero-order valence-electron chi connectivity index (χ0n) is 19.8. The lowest BCUT2D eigenvalue weighted by Crippen LogP contribution is -2.32. The molecule has 1 aromatic heterocycles. The maximum Gasteiger partial charge on any atom is 0.514 e. The van der Waals surface area contributed by atoms with Gasteiger partial charge in [0, 0.05) is 29.1 Å². The highest BCUT2D eigenvalue weighted by Crippen LogP contribution is 2.28. The first-order chi connectivity index (χ1) is 16.9. The standard InChI is InChI=1S/C28H29ClN2O4/c1-19(30-17-26(32)22-9-6-10-24(29)15-22)13-21-11-12-25-23(14-21)16-27(35-28(33)34-2)31(25)18-20-7-4-3-5-8-20/h3-12,14-16,19,26,30,32H,13,17-18H2,1-2H3/t19-,26+/m1/s1. The number of carbonyl (C=O) groups excluding carboxylic acids is 1. The number of carbonyl (C=O) groups is 1. The summed E-state index contributed by atoms with van der Waals surface area (Å²) < 4.78 is 12.1. The molecule has 0 bridgehead atoms. The van der Waals surface area contributed by atoms with E-state index in [1.165, 1.54) is 7.11 Å². The maximum atomic E-state index is 11.8. The lowest BCUT2D eigenvalue weighted by molar-refractivity contribution is 0.118. The number of rotatable bonds is 9. The lowest BCUT2D eigenvalue weighted by atomic mass is 10.0. The molecular formula is C28H29ClN2O4. The number of aliphatic hydroxyl groups excluding tert-OH is 1. The summed E-state index contributed by atoms with van der Waals surface area (Å²) in [5.41, 5.74) is 3.99. The van der Waals surface area contributed by atoms with E-state index in [9.17, 15) is 9.90 Å². The number of halogens is 1. The minimum atomic E-state index is -0.751. The minimum Gasteiger partial charge on any atom is -0.437 e. The smallest absolute Gasteiger partial charge is 0.437 e. The van der Waals surface area contributed by atoms with Crippen molar-refractivity contribution >= 4 is 28.7 Å². The fraction of sp³-hybridized carbons (Fsp3) is 0.250. The molecule has 4 rings (SSSR count). The van der Waals surface area contributed by atoms with Gasteiger partial charge in [0.25, 0.3) is 0 Å². The number of nitrogens with zero attached hydrogens (tertiary/aromatic N) is 1. The number of aliphatic hydroxyl groups is 1. The van der Waals surface area contributed by atoms with E-state index in [-0.39, 0.29) is 6.04 Å². The Bertz CT molecular complexity index is 1290. The second-order valence-electron chi connectivity index (χ2n) is 8.59. The van der Waals surface area contributed by atoms with Gasteiger partial charge in [-0.15, -0.1) is 0 Å². The number of methoxy groups -OCH3 is 1. The van der Waals surface area contributed by atoms with Gasteiger partial charge in [-0.1, -0.05) is 60.1 Å². The fourth-order valence-electron chi connectivity index (χ4n) is 4.13. The van der Waals surface area contributed by atoms with Crippen LogP contribution in [0.2, 0.25) is 5.02 Å². The van der Waals surface area contributed by atoms with Gasteiger partial charge in [-0.25, -0.2) is 4.79 Å². The third-order valence-corrected chi connectivity index (χ3v) is 6.14. The summed E-state index contributed by atoms with van der Waals surface area (Å²) in [6.45, 7) is 3.07. The van der Waals surface area contributed by atoms with Crippen LogP contribution in [-0.2, 0) is 17.7 Å². The molecular weight excluding hydrogens is 464 g/mol. The number of ether oxygens (including phenoxy) is 2. The van der Waals surface area contributed by atoms with Crippen LogP contribution in [0.1, 0.15) is 29.7 Å². The molecule has 0 spiro atoms. The number of nitrogens with one attached hydrogen (secondary N) is 1. The van der Waals surface area contributed by atoms with E-state index in [0.717, 1.165) is 34.0 Å². The van der Waals surface area contributed by atoms with E-state index in [0.29, 0.717) is 24.0 Å². The largest absolute Gasteiger partial charge is 0.514 e. The van der Waals surface area contributed by atoms with E-state index in [4.69, 9.17) is 21.1 Å². The summed E-state index contributed by atoms with van der Waals surface area (Å²) >= 11 is 6.03. The molecule has 0 saturated carbocycles. The van der Waals surface area contributed by atoms with Gasteiger partial charge in [-0.05, 0) is 54.3 Å². The van der Waals surface area contributed by atoms with Gasteiger partial charge in [0.15, 0.2) is 0 Å². The van der Waals surface area contributed by atoms with Crippen LogP contribution in [0.5, 0.6) is 5.88 Å². The summed E-state index contributed by atoms with van der Waals surface area (Å²) in [6, 6.07) is 25.5. The lowest BCUT2D eigenvalue weighted by Gasteiger charge is -2.18. The third kappa shape index (κ3) is 6.42. The summed E-state index contributed by atoms with van der Waals surface area (Å²) in [6.07, 6.45) is -0.614. The van der Waals surface area contributed by atoms with Crippen molar-refractivity contribution in [3.63, 3.8) is 0 Å². The van der Waals surface area contributed by atoms with E-state index >= 15 is 0 Å². The van der Waals surface area contributed by atoms with Crippen molar-refractivity contribution in [2.45, 2.75) is 32.0 Å². The van der Waals surface area contributed by atoms with Crippen molar-refractivity contribution in [2.75, 3.05) is 13.7 Å². The van der Waals surface area contributed by atoms with Gasteiger partial charge < -0.3 is 24.5 Å². The molecule has 0 radical (unpaired) electrons. The van der Waals surface area contributed by atoms with Crippen molar-refractivity contribution in [1.82, 2.24) is 9.88 Å². The van der Waals surface area contributed by atoms with Crippen LogP contribution < -0.4 is 10.1 Å². The zero-order chi connectivity index (χ0) is 24.8. The Balaban J connectivity index is 1.48. The van der Waals surface area contributed by atoms with Crippen LogP contribution in [-0.4, -0.2) is 35.5 Å². The Labute approximate surface area is 210 Å². The topological polar surface area (TPSA) is 72.7 Å².